The van der Waals surface area contributed by atoms with Gasteiger partial charge < -0.3 is 9.84 Å². The zero-order valence-corrected chi connectivity index (χ0v) is 17.4. The third-order valence-electron chi connectivity index (χ3n) is 4.19. The second-order valence-electron chi connectivity index (χ2n) is 6.48. The third-order valence-corrected chi connectivity index (χ3v) is 6.10. The number of thiophene rings is 2. The molecule has 0 aliphatic heterocycles. The van der Waals surface area contributed by atoms with Crippen LogP contribution in [-0.2, 0) is 11.2 Å². The van der Waals surface area contributed by atoms with E-state index in [1.165, 1.54) is 11.3 Å². The SMILES string of the molecule is Cc1ccc(C(=O)CCC(=O)NCCCCCc2nc(-c3cccs3)no2)s1. The fourth-order valence-electron chi connectivity index (χ4n) is 2.69. The number of hydrogen-bond acceptors (Lipinski definition) is 7. The van der Waals surface area contributed by atoms with Crippen molar-refractivity contribution in [3.8, 4) is 10.7 Å². The molecule has 3 rings (SSSR count). The Morgan fingerprint density at radius 2 is 2.04 bits per heavy atom. The minimum absolute atomic E-state index is 0.0368. The normalized spacial score (nSPS) is 10.9. The highest BCUT2D eigenvalue weighted by molar-refractivity contribution is 7.14. The summed E-state index contributed by atoms with van der Waals surface area (Å²) in [4.78, 5) is 31.1. The number of rotatable bonds is 11. The molecule has 0 spiro atoms. The first kappa shape index (κ1) is 20.4. The van der Waals surface area contributed by atoms with E-state index in [1.807, 2.05) is 36.6 Å². The average Bonchev–Trinajstić information content (AvgIpc) is 3.43. The maximum atomic E-state index is 12.0. The van der Waals surface area contributed by atoms with Gasteiger partial charge in [0.1, 0.15) is 0 Å². The van der Waals surface area contributed by atoms with Gasteiger partial charge >= 0.3 is 0 Å². The highest BCUT2D eigenvalue weighted by Gasteiger charge is 2.11. The highest BCUT2D eigenvalue weighted by atomic mass is 32.1. The number of carbonyl (C=O) groups excluding carboxylic acids is 2. The molecule has 0 unspecified atom stereocenters. The van der Waals surface area contributed by atoms with Gasteiger partial charge in [0.05, 0.1) is 9.75 Å². The van der Waals surface area contributed by atoms with E-state index >= 15 is 0 Å². The Morgan fingerprint density at radius 3 is 2.79 bits per heavy atom. The van der Waals surface area contributed by atoms with Crippen LogP contribution >= 0.6 is 22.7 Å². The van der Waals surface area contributed by atoms with Crippen molar-refractivity contribution >= 4 is 34.4 Å². The van der Waals surface area contributed by atoms with Gasteiger partial charge in [-0.3, -0.25) is 9.59 Å². The van der Waals surface area contributed by atoms with Gasteiger partial charge in [-0.05, 0) is 43.3 Å². The molecule has 3 aromatic rings. The van der Waals surface area contributed by atoms with Gasteiger partial charge in [-0.2, -0.15) is 4.98 Å². The summed E-state index contributed by atoms with van der Waals surface area (Å²) in [6, 6.07) is 7.68. The van der Waals surface area contributed by atoms with Gasteiger partial charge in [0.2, 0.25) is 17.6 Å². The number of aryl methyl sites for hydroxylation is 2. The van der Waals surface area contributed by atoms with Crippen molar-refractivity contribution in [1.82, 2.24) is 15.5 Å². The average molecular weight is 418 g/mol. The summed E-state index contributed by atoms with van der Waals surface area (Å²) in [6.07, 6.45) is 4.01. The van der Waals surface area contributed by atoms with Crippen molar-refractivity contribution in [3.05, 3.63) is 45.3 Å². The summed E-state index contributed by atoms with van der Waals surface area (Å²) in [5.41, 5.74) is 0. The molecule has 0 saturated carbocycles. The fourth-order valence-corrected chi connectivity index (χ4v) is 4.18. The van der Waals surface area contributed by atoms with E-state index < -0.39 is 0 Å². The largest absolute Gasteiger partial charge is 0.356 e. The van der Waals surface area contributed by atoms with Crippen LogP contribution in [0, 0.1) is 6.92 Å². The molecular weight excluding hydrogens is 394 g/mol. The van der Waals surface area contributed by atoms with E-state index in [4.69, 9.17) is 4.52 Å². The molecule has 148 valence electrons. The maximum Gasteiger partial charge on any atom is 0.226 e. The molecule has 0 aliphatic rings. The Kier molecular flexibility index (Phi) is 7.50. The minimum Gasteiger partial charge on any atom is -0.356 e. The van der Waals surface area contributed by atoms with Crippen molar-refractivity contribution in [2.24, 2.45) is 0 Å². The maximum absolute atomic E-state index is 12.0. The van der Waals surface area contributed by atoms with E-state index in [0.717, 1.165) is 40.3 Å². The van der Waals surface area contributed by atoms with Crippen LogP contribution in [0.25, 0.3) is 10.7 Å². The number of nitrogens with one attached hydrogen (secondary N) is 1. The first-order valence-electron chi connectivity index (χ1n) is 9.34. The number of hydrogen-bond donors (Lipinski definition) is 1. The number of Topliss-reactive ketones (excluding diaryl/α,β-unsaturated/α-hetero) is 1. The lowest BCUT2D eigenvalue weighted by atomic mass is 10.1. The van der Waals surface area contributed by atoms with Crippen LogP contribution in [0.2, 0.25) is 0 Å². The summed E-state index contributed by atoms with van der Waals surface area (Å²) in [7, 11) is 0. The van der Waals surface area contributed by atoms with Crippen LogP contribution in [0.15, 0.2) is 34.2 Å². The van der Waals surface area contributed by atoms with Crippen LogP contribution in [0.3, 0.4) is 0 Å². The van der Waals surface area contributed by atoms with Crippen molar-refractivity contribution in [2.45, 2.75) is 45.4 Å². The van der Waals surface area contributed by atoms with Gasteiger partial charge in [-0.1, -0.05) is 17.6 Å². The predicted octanol–water partition coefficient (Wildman–Crippen LogP) is 4.66. The number of ketones is 1. The Morgan fingerprint density at radius 1 is 1.14 bits per heavy atom. The third kappa shape index (κ3) is 6.10. The molecule has 0 bridgehead atoms. The van der Waals surface area contributed by atoms with Gasteiger partial charge in [-0.15, -0.1) is 22.7 Å². The quantitative estimate of drug-likeness (QED) is 0.362. The van der Waals surface area contributed by atoms with Gasteiger partial charge in [0.25, 0.3) is 0 Å². The summed E-state index contributed by atoms with van der Waals surface area (Å²) < 4.78 is 5.27. The predicted molar refractivity (Wildman–Crippen MR) is 111 cm³/mol. The zero-order chi connectivity index (χ0) is 19.8. The molecule has 1 N–H and O–H groups in total. The number of unbranched alkanes of at least 4 members (excludes halogenated alkanes) is 2. The molecule has 8 heteroatoms. The zero-order valence-electron chi connectivity index (χ0n) is 15.8. The topological polar surface area (TPSA) is 85.1 Å². The summed E-state index contributed by atoms with van der Waals surface area (Å²) >= 11 is 3.06. The van der Waals surface area contributed by atoms with Gasteiger partial charge in [-0.25, -0.2) is 0 Å². The van der Waals surface area contributed by atoms with E-state index in [2.05, 4.69) is 15.5 Å². The van der Waals surface area contributed by atoms with Crippen molar-refractivity contribution in [2.75, 3.05) is 6.54 Å². The number of carbonyl (C=O) groups is 2. The van der Waals surface area contributed by atoms with E-state index in [-0.39, 0.29) is 24.5 Å². The van der Waals surface area contributed by atoms with E-state index in [1.54, 1.807) is 11.3 Å². The summed E-state index contributed by atoms with van der Waals surface area (Å²) in [5.74, 6) is 1.26. The van der Waals surface area contributed by atoms with E-state index in [9.17, 15) is 9.59 Å². The molecule has 0 fully saturated rings. The standard InChI is InChI=1S/C20H23N3O3S2/c1-14-8-10-16(28-14)15(24)9-11-18(25)21-12-4-2-3-7-19-22-20(23-26-19)17-6-5-13-27-17/h5-6,8,10,13H,2-4,7,9,11-12H2,1H3,(H,21,25). The van der Waals surface area contributed by atoms with Crippen LogP contribution in [-0.4, -0.2) is 28.4 Å². The highest BCUT2D eigenvalue weighted by Crippen LogP contribution is 2.21. The van der Waals surface area contributed by atoms with Crippen LogP contribution in [0.4, 0.5) is 0 Å². The number of amides is 1. The molecule has 0 radical (unpaired) electrons. The molecule has 0 aliphatic carbocycles. The van der Waals surface area contributed by atoms with E-state index in [0.29, 0.717) is 18.3 Å². The molecule has 0 atom stereocenters. The number of nitrogens with zero attached hydrogens (tertiary/aromatic N) is 2. The van der Waals surface area contributed by atoms with Gasteiger partial charge in [0.15, 0.2) is 5.78 Å². The molecule has 3 aromatic heterocycles. The van der Waals surface area contributed by atoms with Crippen molar-refractivity contribution < 1.29 is 14.1 Å². The molecule has 1 amide bonds. The Bertz CT molecular complexity index is 900. The van der Waals surface area contributed by atoms with Crippen LogP contribution < -0.4 is 5.32 Å². The van der Waals surface area contributed by atoms with Gasteiger partial charge in [0, 0.05) is 30.7 Å². The lowest BCUT2D eigenvalue weighted by molar-refractivity contribution is -0.121. The Balaban J connectivity index is 1.25. The fraction of sp³-hybridized carbons (Fsp3) is 0.400. The second-order valence-corrected chi connectivity index (χ2v) is 8.72. The Hall–Kier alpha value is -2.32. The molecule has 0 aromatic carbocycles. The lowest BCUT2D eigenvalue weighted by Crippen LogP contribution is -2.24. The smallest absolute Gasteiger partial charge is 0.226 e. The lowest BCUT2D eigenvalue weighted by Gasteiger charge is -2.04. The molecule has 3 heterocycles. The molecule has 28 heavy (non-hydrogen) atoms. The first-order valence-corrected chi connectivity index (χ1v) is 11.0. The van der Waals surface area contributed by atoms with Crippen LogP contribution in [0.5, 0.6) is 0 Å². The summed E-state index contributed by atoms with van der Waals surface area (Å²) in [6.45, 7) is 2.59. The monoisotopic (exact) mass is 417 g/mol. The first-order chi connectivity index (χ1) is 13.6. The molecular formula is C20H23N3O3S2. The second kappa shape index (κ2) is 10.3. The number of aromatic nitrogens is 2. The molecule has 0 saturated heterocycles. The summed E-state index contributed by atoms with van der Waals surface area (Å²) in [5, 5.41) is 8.86. The van der Waals surface area contributed by atoms with Crippen LogP contribution in [0.1, 0.15) is 52.5 Å². The minimum atomic E-state index is -0.0703. The van der Waals surface area contributed by atoms with Crippen molar-refractivity contribution in [3.63, 3.8) is 0 Å². The Labute approximate surface area is 172 Å². The van der Waals surface area contributed by atoms with Crippen molar-refractivity contribution in [1.29, 1.82) is 0 Å². The molecule has 6 nitrogen and oxygen atoms in total.